The van der Waals surface area contributed by atoms with Gasteiger partial charge in [0.05, 0.1) is 15.6 Å². The molecule has 0 saturated heterocycles. The molecular formula is C7H3Cl2N2. The molecule has 1 aromatic heterocycles. The highest BCUT2D eigenvalue weighted by Gasteiger charge is 2.03. The number of fused-ring (bicyclic) bond motifs is 1. The Labute approximate surface area is 73.1 Å². The predicted octanol–water partition coefficient (Wildman–Crippen LogP) is 2.67. The maximum absolute atomic E-state index is 5.82. The molecule has 4 heteroatoms. The SMILES string of the molecule is Clc1ccc(Cl)c2[nH]n[c]c12. The Morgan fingerprint density at radius 1 is 1.27 bits per heavy atom. The molecule has 1 aromatic carbocycles. The minimum atomic E-state index is 0.609. The van der Waals surface area contributed by atoms with Crippen LogP contribution in [0, 0.1) is 6.20 Å². The molecule has 2 aromatic rings. The van der Waals surface area contributed by atoms with Crippen molar-refractivity contribution < 1.29 is 0 Å². The quantitative estimate of drug-likeness (QED) is 0.673. The Morgan fingerprint density at radius 2 is 2.00 bits per heavy atom. The molecule has 0 spiro atoms. The van der Waals surface area contributed by atoms with Crippen LogP contribution in [-0.2, 0) is 0 Å². The van der Waals surface area contributed by atoms with E-state index in [1.54, 1.807) is 12.1 Å². The van der Waals surface area contributed by atoms with Gasteiger partial charge in [-0.1, -0.05) is 23.2 Å². The van der Waals surface area contributed by atoms with Gasteiger partial charge in [0.25, 0.3) is 0 Å². The van der Waals surface area contributed by atoms with Crippen LogP contribution in [0.4, 0.5) is 0 Å². The first-order chi connectivity index (χ1) is 5.29. The van der Waals surface area contributed by atoms with Crippen LogP contribution in [-0.4, -0.2) is 10.2 Å². The topological polar surface area (TPSA) is 28.7 Å². The standard InChI is InChI=1S/C7H3Cl2N2/c8-5-1-2-6(9)7-4(5)3-10-11-7/h1-2H,(H,10,11). The first-order valence-electron chi connectivity index (χ1n) is 2.99. The number of nitrogens with one attached hydrogen (secondary N) is 1. The van der Waals surface area contributed by atoms with Crippen LogP contribution in [0.1, 0.15) is 0 Å². The molecule has 0 aliphatic carbocycles. The number of aromatic amines is 1. The zero-order valence-corrected chi connectivity index (χ0v) is 6.87. The van der Waals surface area contributed by atoms with Crippen LogP contribution < -0.4 is 0 Å². The summed E-state index contributed by atoms with van der Waals surface area (Å²) in [4.78, 5) is 0. The number of hydrogen-bond acceptors (Lipinski definition) is 1. The first kappa shape index (κ1) is 6.95. The third-order valence-electron chi connectivity index (χ3n) is 1.44. The van der Waals surface area contributed by atoms with Gasteiger partial charge < -0.3 is 0 Å². The van der Waals surface area contributed by atoms with Gasteiger partial charge >= 0.3 is 0 Å². The molecule has 0 saturated carbocycles. The lowest BCUT2D eigenvalue weighted by Gasteiger charge is -1.93. The minimum Gasteiger partial charge on any atom is -0.276 e. The average Bonchev–Trinajstić information content (AvgIpc) is 2.45. The van der Waals surface area contributed by atoms with E-state index in [1.165, 1.54) is 0 Å². The normalized spacial score (nSPS) is 10.7. The van der Waals surface area contributed by atoms with E-state index in [0.717, 1.165) is 10.9 Å². The maximum Gasteiger partial charge on any atom is 0.122 e. The van der Waals surface area contributed by atoms with E-state index in [1.807, 2.05) is 0 Å². The Kier molecular flexibility index (Phi) is 1.51. The lowest BCUT2D eigenvalue weighted by molar-refractivity contribution is 1.11. The van der Waals surface area contributed by atoms with E-state index in [9.17, 15) is 0 Å². The van der Waals surface area contributed by atoms with Crippen LogP contribution >= 0.6 is 23.2 Å². The van der Waals surface area contributed by atoms with Crippen molar-refractivity contribution in [1.29, 1.82) is 0 Å². The van der Waals surface area contributed by atoms with Crippen LogP contribution in [0.5, 0.6) is 0 Å². The summed E-state index contributed by atoms with van der Waals surface area (Å²) in [5.74, 6) is 0. The van der Waals surface area contributed by atoms with E-state index < -0.39 is 0 Å². The largest absolute Gasteiger partial charge is 0.276 e. The van der Waals surface area contributed by atoms with E-state index in [4.69, 9.17) is 23.2 Å². The van der Waals surface area contributed by atoms with Crippen molar-refractivity contribution in [2.75, 3.05) is 0 Å². The third kappa shape index (κ3) is 0.988. The van der Waals surface area contributed by atoms with E-state index in [2.05, 4.69) is 16.4 Å². The fourth-order valence-electron chi connectivity index (χ4n) is 0.910. The fourth-order valence-corrected chi connectivity index (χ4v) is 1.31. The van der Waals surface area contributed by atoms with Crippen LogP contribution in [0.3, 0.4) is 0 Å². The molecule has 1 N–H and O–H groups in total. The number of aromatic nitrogens is 2. The maximum atomic E-state index is 5.82. The van der Waals surface area contributed by atoms with Crippen molar-refractivity contribution in [3.63, 3.8) is 0 Å². The summed E-state index contributed by atoms with van der Waals surface area (Å²) >= 11 is 11.6. The van der Waals surface area contributed by atoms with Gasteiger partial charge in [0, 0.05) is 5.39 Å². The monoisotopic (exact) mass is 185 g/mol. The van der Waals surface area contributed by atoms with Crippen molar-refractivity contribution in [3.05, 3.63) is 28.4 Å². The van der Waals surface area contributed by atoms with Crippen LogP contribution in [0.25, 0.3) is 10.9 Å². The highest BCUT2D eigenvalue weighted by Crippen LogP contribution is 2.26. The second-order valence-electron chi connectivity index (χ2n) is 2.11. The van der Waals surface area contributed by atoms with Gasteiger partial charge in [-0.2, -0.15) is 5.10 Å². The summed E-state index contributed by atoms with van der Waals surface area (Å²) in [5.41, 5.74) is 0.735. The van der Waals surface area contributed by atoms with Crippen molar-refractivity contribution in [3.8, 4) is 0 Å². The molecule has 0 amide bonds. The zero-order valence-electron chi connectivity index (χ0n) is 5.36. The summed E-state index contributed by atoms with van der Waals surface area (Å²) in [7, 11) is 0. The summed E-state index contributed by atoms with van der Waals surface area (Å²) in [6, 6.07) is 3.44. The molecule has 0 fully saturated rings. The van der Waals surface area contributed by atoms with Gasteiger partial charge in [-0.25, -0.2) is 0 Å². The van der Waals surface area contributed by atoms with Crippen molar-refractivity contribution in [2.45, 2.75) is 0 Å². The summed E-state index contributed by atoms with van der Waals surface area (Å²) in [5, 5.41) is 8.36. The smallest absolute Gasteiger partial charge is 0.122 e. The number of rotatable bonds is 0. The van der Waals surface area contributed by atoms with Gasteiger partial charge in [-0.15, -0.1) is 0 Å². The molecule has 0 bridgehead atoms. The second-order valence-corrected chi connectivity index (χ2v) is 2.93. The second kappa shape index (κ2) is 2.40. The van der Waals surface area contributed by atoms with Gasteiger partial charge in [0.15, 0.2) is 0 Å². The minimum absolute atomic E-state index is 0.609. The van der Waals surface area contributed by atoms with Gasteiger partial charge in [-0.05, 0) is 12.1 Å². The van der Waals surface area contributed by atoms with Crippen molar-refractivity contribution in [2.24, 2.45) is 0 Å². The number of H-pyrrole nitrogens is 1. The molecule has 0 aliphatic heterocycles. The summed E-state index contributed by atoms with van der Waals surface area (Å²) in [6.07, 6.45) is 2.71. The van der Waals surface area contributed by atoms with Gasteiger partial charge in [-0.3, -0.25) is 5.10 Å². The zero-order chi connectivity index (χ0) is 7.84. The third-order valence-corrected chi connectivity index (χ3v) is 2.07. The Balaban J connectivity index is 2.96. The Bertz CT molecular complexity index is 358. The molecule has 0 atom stereocenters. The summed E-state index contributed by atoms with van der Waals surface area (Å²) < 4.78 is 0. The fraction of sp³-hybridized carbons (Fsp3) is 0. The number of halogens is 2. The molecular weight excluding hydrogens is 183 g/mol. The Morgan fingerprint density at radius 3 is 2.73 bits per heavy atom. The predicted molar refractivity (Wildman–Crippen MR) is 44.9 cm³/mol. The molecule has 11 heavy (non-hydrogen) atoms. The molecule has 0 unspecified atom stereocenters. The molecule has 2 nitrogen and oxygen atoms in total. The van der Waals surface area contributed by atoms with Crippen molar-refractivity contribution >= 4 is 34.1 Å². The lowest BCUT2D eigenvalue weighted by Crippen LogP contribution is -1.71. The lowest BCUT2D eigenvalue weighted by atomic mass is 10.2. The highest BCUT2D eigenvalue weighted by atomic mass is 35.5. The number of nitrogens with zero attached hydrogens (tertiary/aromatic N) is 1. The van der Waals surface area contributed by atoms with Crippen LogP contribution in [0.15, 0.2) is 12.1 Å². The number of hydrogen-bond donors (Lipinski definition) is 1. The molecule has 55 valence electrons. The highest BCUT2D eigenvalue weighted by molar-refractivity contribution is 6.39. The molecule has 0 aliphatic rings. The average molecular weight is 186 g/mol. The van der Waals surface area contributed by atoms with Crippen molar-refractivity contribution in [1.82, 2.24) is 10.2 Å². The first-order valence-corrected chi connectivity index (χ1v) is 3.74. The van der Waals surface area contributed by atoms with Gasteiger partial charge in [0.2, 0.25) is 0 Å². The molecule has 1 radical (unpaired) electrons. The summed E-state index contributed by atoms with van der Waals surface area (Å²) in [6.45, 7) is 0. The Hall–Kier alpha value is -0.730. The van der Waals surface area contributed by atoms with Gasteiger partial charge in [0.1, 0.15) is 6.20 Å². The van der Waals surface area contributed by atoms with E-state index in [-0.39, 0.29) is 0 Å². The van der Waals surface area contributed by atoms with E-state index in [0.29, 0.717) is 10.0 Å². The van der Waals surface area contributed by atoms with Crippen LogP contribution in [0.2, 0.25) is 10.0 Å². The molecule has 1 heterocycles. The number of benzene rings is 1. The van der Waals surface area contributed by atoms with E-state index >= 15 is 0 Å². The molecule has 2 rings (SSSR count).